The minimum atomic E-state index is -4.41. The molecular weight excluding hydrogens is 217 g/mol. The third kappa shape index (κ3) is 1.55. The zero-order valence-corrected chi connectivity index (χ0v) is 7.45. The van der Waals surface area contributed by atoms with Gasteiger partial charge in [-0.1, -0.05) is 17.7 Å². The van der Waals surface area contributed by atoms with Crippen LogP contribution >= 0.6 is 11.6 Å². The number of nitrogens with zero attached hydrogens (tertiary/aromatic N) is 1. The Balaban J connectivity index is 2.59. The fourth-order valence-corrected chi connectivity index (χ4v) is 1.40. The summed E-state index contributed by atoms with van der Waals surface area (Å²) in [5.41, 5.74) is 1.51. The van der Waals surface area contributed by atoms with Gasteiger partial charge in [0.25, 0.3) is 0 Å². The summed E-state index contributed by atoms with van der Waals surface area (Å²) in [6.45, 7) is 0. The Morgan fingerprint density at radius 3 is 2.43 bits per heavy atom. The van der Waals surface area contributed by atoms with Crippen LogP contribution in [0.3, 0.4) is 0 Å². The van der Waals surface area contributed by atoms with Crippen LogP contribution < -0.4 is 5.43 Å². The molecule has 0 fully saturated rings. The lowest BCUT2D eigenvalue weighted by molar-refractivity contribution is -0.137. The van der Waals surface area contributed by atoms with Crippen LogP contribution in [0.5, 0.6) is 0 Å². The average molecular weight is 221 g/mol. The van der Waals surface area contributed by atoms with E-state index in [0.717, 1.165) is 6.07 Å². The molecular formula is C8H4ClF3N2. The van der Waals surface area contributed by atoms with Crippen molar-refractivity contribution in [1.29, 1.82) is 0 Å². The molecule has 74 valence electrons. The van der Waals surface area contributed by atoms with E-state index >= 15 is 0 Å². The average Bonchev–Trinajstić information content (AvgIpc) is 2.85. The molecule has 0 spiro atoms. The molecule has 2 rings (SSSR count). The number of hydrogen-bond donors (Lipinski definition) is 1. The summed E-state index contributed by atoms with van der Waals surface area (Å²) in [6, 6.07) is 3.63. The van der Waals surface area contributed by atoms with Crippen LogP contribution in [0.25, 0.3) is 0 Å². The van der Waals surface area contributed by atoms with Gasteiger partial charge in [0.1, 0.15) is 0 Å². The summed E-state index contributed by atoms with van der Waals surface area (Å²) in [5.74, 6) is 0.183. The van der Waals surface area contributed by atoms with Gasteiger partial charge in [0.15, 0.2) is 5.84 Å². The topological polar surface area (TPSA) is 34.3 Å². The van der Waals surface area contributed by atoms with E-state index in [1.165, 1.54) is 12.1 Å². The molecule has 6 heteroatoms. The summed E-state index contributed by atoms with van der Waals surface area (Å²) in [6.07, 6.45) is -4.41. The van der Waals surface area contributed by atoms with Crippen LogP contribution in [-0.2, 0) is 6.18 Å². The highest BCUT2D eigenvalue weighted by atomic mass is 35.5. The third-order valence-electron chi connectivity index (χ3n) is 1.78. The SMILES string of the molecule is FC(F)(F)c1cccc(Cl)c1C1=NN1. The predicted molar refractivity (Wildman–Crippen MR) is 46.1 cm³/mol. The smallest absolute Gasteiger partial charge is 0.257 e. The lowest BCUT2D eigenvalue weighted by Crippen LogP contribution is -2.12. The molecule has 1 heterocycles. The zero-order valence-electron chi connectivity index (χ0n) is 6.69. The molecule has 1 N–H and O–H groups in total. The van der Waals surface area contributed by atoms with Gasteiger partial charge in [0.2, 0.25) is 0 Å². The maximum absolute atomic E-state index is 12.5. The standard InChI is InChI=1S/C8H4ClF3N2/c9-5-3-1-2-4(8(10,11)12)6(5)7-13-14-7/h1-3H,(H,13,14). The molecule has 0 atom stereocenters. The minimum Gasteiger partial charge on any atom is -0.257 e. The van der Waals surface area contributed by atoms with E-state index in [4.69, 9.17) is 11.6 Å². The van der Waals surface area contributed by atoms with Crippen molar-refractivity contribution in [2.75, 3.05) is 0 Å². The van der Waals surface area contributed by atoms with E-state index in [-0.39, 0.29) is 16.4 Å². The first-order valence-electron chi connectivity index (χ1n) is 3.70. The Bertz CT molecular complexity index is 412. The summed E-state index contributed by atoms with van der Waals surface area (Å²) < 4.78 is 37.4. The van der Waals surface area contributed by atoms with Gasteiger partial charge in [-0.3, -0.25) is 5.43 Å². The molecule has 1 aliphatic rings. The van der Waals surface area contributed by atoms with E-state index in [0.29, 0.717) is 0 Å². The van der Waals surface area contributed by atoms with Gasteiger partial charge in [0.05, 0.1) is 16.1 Å². The van der Waals surface area contributed by atoms with E-state index in [2.05, 4.69) is 10.5 Å². The number of amidine groups is 1. The largest absolute Gasteiger partial charge is 0.417 e. The van der Waals surface area contributed by atoms with Crippen molar-refractivity contribution in [2.45, 2.75) is 6.18 Å². The maximum atomic E-state index is 12.5. The Hall–Kier alpha value is -1.23. The molecule has 0 bridgehead atoms. The van der Waals surface area contributed by atoms with Crippen molar-refractivity contribution >= 4 is 17.4 Å². The molecule has 0 amide bonds. The molecule has 2 nitrogen and oxygen atoms in total. The Morgan fingerprint density at radius 1 is 1.29 bits per heavy atom. The minimum absolute atomic E-state index is 0.0450. The Morgan fingerprint density at radius 2 is 1.93 bits per heavy atom. The summed E-state index contributed by atoms with van der Waals surface area (Å²) in [5, 5.41) is 3.53. The quantitative estimate of drug-likeness (QED) is 0.776. The van der Waals surface area contributed by atoms with Crippen molar-refractivity contribution in [1.82, 2.24) is 5.43 Å². The fourth-order valence-electron chi connectivity index (χ4n) is 1.14. The number of rotatable bonds is 1. The zero-order chi connectivity index (χ0) is 10.3. The number of nitrogens with one attached hydrogen (secondary N) is 1. The molecule has 0 aromatic heterocycles. The second kappa shape index (κ2) is 2.88. The number of alkyl halides is 3. The van der Waals surface area contributed by atoms with E-state index in [1.807, 2.05) is 0 Å². The molecule has 0 unspecified atom stereocenters. The van der Waals surface area contributed by atoms with Crippen LogP contribution in [-0.4, -0.2) is 5.84 Å². The van der Waals surface area contributed by atoms with E-state index < -0.39 is 11.7 Å². The number of halogens is 4. The molecule has 0 saturated carbocycles. The van der Waals surface area contributed by atoms with Crippen molar-refractivity contribution in [3.05, 3.63) is 34.3 Å². The summed E-state index contributed by atoms with van der Waals surface area (Å²) in [7, 11) is 0. The van der Waals surface area contributed by atoms with Gasteiger partial charge in [0, 0.05) is 0 Å². The Kier molecular flexibility index (Phi) is 1.92. The molecule has 0 radical (unpaired) electrons. The second-order valence-corrected chi connectivity index (χ2v) is 3.14. The van der Waals surface area contributed by atoms with Crippen molar-refractivity contribution in [3.8, 4) is 0 Å². The first-order chi connectivity index (χ1) is 6.50. The predicted octanol–water partition coefficient (Wildman–Crippen LogP) is 2.62. The van der Waals surface area contributed by atoms with Gasteiger partial charge in [-0.15, -0.1) is 0 Å². The van der Waals surface area contributed by atoms with Gasteiger partial charge in [-0.25, -0.2) is 0 Å². The van der Waals surface area contributed by atoms with Gasteiger partial charge < -0.3 is 0 Å². The molecule has 1 aromatic rings. The van der Waals surface area contributed by atoms with Crippen LogP contribution in [0.2, 0.25) is 5.02 Å². The normalized spacial score (nSPS) is 14.7. The van der Waals surface area contributed by atoms with Gasteiger partial charge in [-0.05, 0) is 12.1 Å². The molecule has 14 heavy (non-hydrogen) atoms. The van der Waals surface area contributed by atoms with E-state index in [1.54, 1.807) is 0 Å². The monoisotopic (exact) mass is 220 g/mol. The lowest BCUT2D eigenvalue weighted by atomic mass is 10.1. The van der Waals surface area contributed by atoms with E-state index in [9.17, 15) is 13.2 Å². The fraction of sp³-hybridized carbons (Fsp3) is 0.125. The van der Waals surface area contributed by atoms with Gasteiger partial charge >= 0.3 is 6.18 Å². The number of hydrogen-bond acceptors (Lipinski definition) is 2. The summed E-state index contributed by atoms with van der Waals surface area (Å²) in [4.78, 5) is 0. The lowest BCUT2D eigenvalue weighted by Gasteiger charge is -2.10. The highest BCUT2D eigenvalue weighted by Gasteiger charge is 2.37. The number of hydrazone groups is 1. The van der Waals surface area contributed by atoms with Crippen LogP contribution in [0.1, 0.15) is 11.1 Å². The molecule has 0 saturated heterocycles. The van der Waals surface area contributed by atoms with Gasteiger partial charge in [-0.2, -0.15) is 18.3 Å². The van der Waals surface area contributed by atoms with Crippen LogP contribution in [0.4, 0.5) is 13.2 Å². The highest BCUT2D eigenvalue weighted by molar-refractivity contribution is 6.35. The van der Waals surface area contributed by atoms with Crippen molar-refractivity contribution in [2.24, 2.45) is 5.10 Å². The summed E-state index contributed by atoms with van der Waals surface area (Å²) >= 11 is 5.65. The van der Waals surface area contributed by atoms with Crippen LogP contribution in [0, 0.1) is 0 Å². The van der Waals surface area contributed by atoms with Crippen molar-refractivity contribution < 1.29 is 13.2 Å². The second-order valence-electron chi connectivity index (χ2n) is 2.73. The maximum Gasteiger partial charge on any atom is 0.417 e. The highest BCUT2D eigenvalue weighted by Crippen LogP contribution is 2.35. The molecule has 1 aliphatic heterocycles. The number of benzene rings is 1. The first-order valence-corrected chi connectivity index (χ1v) is 4.08. The molecule has 1 aromatic carbocycles. The Labute approximate surface area is 82.4 Å². The third-order valence-corrected chi connectivity index (χ3v) is 2.09. The van der Waals surface area contributed by atoms with Crippen LogP contribution in [0.15, 0.2) is 23.3 Å². The first kappa shape index (κ1) is 9.33. The molecule has 0 aliphatic carbocycles. The van der Waals surface area contributed by atoms with Crippen molar-refractivity contribution in [3.63, 3.8) is 0 Å².